The van der Waals surface area contributed by atoms with Gasteiger partial charge in [-0.15, -0.1) is 0 Å². The lowest BCUT2D eigenvalue weighted by Crippen LogP contribution is -2.06. The highest BCUT2D eigenvalue weighted by Gasteiger charge is 2.04. The Morgan fingerprint density at radius 2 is 1.54 bits per heavy atom. The number of hydrogen-bond acceptors (Lipinski definition) is 4. The topological polar surface area (TPSA) is 52.6 Å². The molecular formula is C21H15ClO4. The first-order valence-corrected chi connectivity index (χ1v) is 8.28. The van der Waals surface area contributed by atoms with Gasteiger partial charge in [0.2, 0.25) is 0 Å². The predicted molar refractivity (Wildman–Crippen MR) is 100.0 cm³/mol. The lowest BCUT2D eigenvalue weighted by Gasteiger charge is -2.04. The molecule has 130 valence electrons. The minimum absolute atomic E-state index is 0.125. The van der Waals surface area contributed by atoms with Gasteiger partial charge in [-0.2, -0.15) is 0 Å². The van der Waals surface area contributed by atoms with Crippen molar-refractivity contribution in [2.24, 2.45) is 0 Å². The molecule has 0 saturated carbocycles. The molecule has 4 nitrogen and oxygen atoms in total. The summed E-state index contributed by atoms with van der Waals surface area (Å²) in [5.41, 5.74) is 0.870. The fourth-order valence-corrected chi connectivity index (χ4v) is 2.45. The quantitative estimate of drug-likeness (QED) is 0.373. The Morgan fingerprint density at radius 1 is 0.846 bits per heavy atom. The molecule has 5 heteroatoms. The number of benzene rings is 3. The Labute approximate surface area is 155 Å². The lowest BCUT2D eigenvalue weighted by molar-refractivity contribution is -0.139. The van der Waals surface area contributed by atoms with E-state index in [9.17, 15) is 9.59 Å². The zero-order valence-electron chi connectivity index (χ0n) is 13.7. The van der Waals surface area contributed by atoms with Crippen LogP contribution in [0.4, 0.5) is 0 Å². The van der Waals surface area contributed by atoms with Crippen LogP contribution in [-0.4, -0.2) is 11.9 Å². The third-order valence-electron chi connectivity index (χ3n) is 3.58. The van der Waals surface area contributed by atoms with Gasteiger partial charge < -0.3 is 9.47 Å². The fourth-order valence-electron chi connectivity index (χ4n) is 2.32. The summed E-state index contributed by atoms with van der Waals surface area (Å²) in [6.45, 7) is 0.125. The first-order valence-electron chi connectivity index (χ1n) is 7.90. The molecule has 0 aliphatic carbocycles. The molecule has 26 heavy (non-hydrogen) atoms. The normalized spacial score (nSPS) is 10.8. The Balaban J connectivity index is 1.51. The molecule has 0 N–H and O–H groups in total. The molecule has 0 aliphatic heterocycles. The number of halogens is 1. The van der Waals surface area contributed by atoms with Crippen molar-refractivity contribution >= 4 is 34.3 Å². The number of rotatable bonds is 5. The molecular weight excluding hydrogens is 352 g/mol. The Hall–Kier alpha value is -3.11. The van der Waals surface area contributed by atoms with Gasteiger partial charge in [-0.3, -0.25) is 0 Å². The summed E-state index contributed by atoms with van der Waals surface area (Å²) >= 11 is 5.75. The van der Waals surface area contributed by atoms with E-state index < -0.39 is 11.9 Å². The number of carbonyl (C=O) groups is 2. The fraction of sp³-hybridized carbons (Fsp3) is 0.0476. The molecule has 0 spiro atoms. The Bertz CT molecular complexity index is 961. The Kier molecular flexibility index (Phi) is 5.66. The molecule has 0 aliphatic rings. The van der Waals surface area contributed by atoms with E-state index in [2.05, 4.69) is 0 Å². The van der Waals surface area contributed by atoms with Crippen LogP contribution in [0.2, 0.25) is 5.02 Å². The maximum Gasteiger partial charge on any atom is 0.336 e. The SMILES string of the molecule is O=C(/C=C/C(=O)Oc1ccc(Cl)cc1)OCc1ccc2ccccc2c1. The van der Waals surface area contributed by atoms with E-state index in [0.717, 1.165) is 28.5 Å². The molecule has 3 rings (SSSR count). The van der Waals surface area contributed by atoms with E-state index in [1.165, 1.54) is 0 Å². The van der Waals surface area contributed by atoms with E-state index in [1.807, 2.05) is 42.5 Å². The minimum Gasteiger partial charge on any atom is -0.458 e. The zero-order valence-corrected chi connectivity index (χ0v) is 14.5. The molecule has 0 atom stereocenters. The predicted octanol–water partition coefficient (Wildman–Crippen LogP) is 4.70. The van der Waals surface area contributed by atoms with Crippen LogP contribution in [0.3, 0.4) is 0 Å². The summed E-state index contributed by atoms with van der Waals surface area (Å²) in [5.74, 6) is -0.949. The minimum atomic E-state index is -0.671. The van der Waals surface area contributed by atoms with Crippen molar-refractivity contribution in [3.63, 3.8) is 0 Å². The van der Waals surface area contributed by atoms with Crippen LogP contribution < -0.4 is 4.74 Å². The van der Waals surface area contributed by atoms with Crippen molar-refractivity contribution in [2.75, 3.05) is 0 Å². The van der Waals surface area contributed by atoms with Crippen LogP contribution in [0.5, 0.6) is 5.75 Å². The van der Waals surface area contributed by atoms with Crippen molar-refractivity contribution in [3.8, 4) is 5.75 Å². The van der Waals surface area contributed by atoms with E-state index in [4.69, 9.17) is 21.1 Å². The number of carbonyl (C=O) groups excluding carboxylic acids is 2. The van der Waals surface area contributed by atoms with Gasteiger partial charge in [-0.1, -0.05) is 48.0 Å². The van der Waals surface area contributed by atoms with Crippen molar-refractivity contribution in [3.05, 3.63) is 89.5 Å². The highest BCUT2D eigenvalue weighted by molar-refractivity contribution is 6.30. The van der Waals surface area contributed by atoms with Gasteiger partial charge >= 0.3 is 11.9 Å². The summed E-state index contributed by atoms with van der Waals surface area (Å²) < 4.78 is 10.2. The molecule has 0 bridgehead atoms. The van der Waals surface area contributed by atoms with E-state index in [1.54, 1.807) is 24.3 Å². The lowest BCUT2D eigenvalue weighted by atomic mass is 10.1. The van der Waals surface area contributed by atoms with Gasteiger partial charge in [0.1, 0.15) is 12.4 Å². The maximum absolute atomic E-state index is 11.7. The average Bonchev–Trinajstić information content (AvgIpc) is 2.66. The second-order valence-corrected chi connectivity index (χ2v) is 5.93. The molecule has 3 aromatic rings. The molecule has 0 fully saturated rings. The average molecular weight is 367 g/mol. The highest BCUT2D eigenvalue weighted by Crippen LogP contribution is 2.17. The first-order chi connectivity index (χ1) is 12.6. The van der Waals surface area contributed by atoms with Crippen molar-refractivity contribution in [2.45, 2.75) is 6.61 Å². The van der Waals surface area contributed by atoms with E-state index in [-0.39, 0.29) is 6.61 Å². The second kappa shape index (κ2) is 8.32. The van der Waals surface area contributed by atoms with Crippen molar-refractivity contribution < 1.29 is 19.1 Å². The van der Waals surface area contributed by atoms with Crippen LogP contribution in [0, 0.1) is 0 Å². The van der Waals surface area contributed by atoms with Crippen molar-refractivity contribution in [1.29, 1.82) is 0 Å². The van der Waals surface area contributed by atoms with E-state index in [0.29, 0.717) is 10.8 Å². The molecule has 0 amide bonds. The number of hydrogen-bond donors (Lipinski definition) is 0. The summed E-state index contributed by atoms with van der Waals surface area (Å²) in [6, 6.07) is 20.1. The van der Waals surface area contributed by atoms with Crippen LogP contribution in [0.1, 0.15) is 5.56 Å². The van der Waals surface area contributed by atoms with Crippen LogP contribution in [-0.2, 0) is 20.9 Å². The van der Waals surface area contributed by atoms with Gasteiger partial charge in [-0.05, 0) is 46.7 Å². The maximum atomic E-state index is 11.7. The van der Waals surface area contributed by atoms with Crippen LogP contribution in [0.15, 0.2) is 78.9 Å². The first kappa shape index (κ1) is 17.7. The largest absolute Gasteiger partial charge is 0.458 e. The molecule has 0 unspecified atom stereocenters. The molecule has 3 aromatic carbocycles. The summed E-state index contributed by atoms with van der Waals surface area (Å²) in [7, 11) is 0. The number of fused-ring (bicyclic) bond motifs is 1. The van der Waals surface area contributed by atoms with Crippen molar-refractivity contribution in [1.82, 2.24) is 0 Å². The van der Waals surface area contributed by atoms with Gasteiger partial charge in [0.05, 0.1) is 0 Å². The van der Waals surface area contributed by atoms with Gasteiger partial charge in [0.25, 0.3) is 0 Å². The molecule has 0 heterocycles. The van der Waals surface area contributed by atoms with E-state index >= 15 is 0 Å². The van der Waals surface area contributed by atoms with Gasteiger partial charge in [-0.25, -0.2) is 9.59 Å². The van der Waals surface area contributed by atoms with Crippen LogP contribution in [0.25, 0.3) is 10.8 Å². The summed E-state index contributed by atoms with van der Waals surface area (Å²) in [6.07, 6.45) is 2.07. The van der Waals surface area contributed by atoms with Crippen LogP contribution >= 0.6 is 11.6 Å². The number of esters is 2. The molecule has 0 saturated heterocycles. The second-order valence-electron chi connectivity index (χ2n) is 5.50. The van der Waals surface area contributed by atoms with Gasteiger partial charge in [0, 0.05) is 17.2 Å². The monoisotopic (exact) mass is 366 g/mol. The third-order valence-corrected chi connectivity index (χ3v) is 3.83. The third kappa shape index (κ3) is 4.94. The zero-order chi connectivity index (χ0) is 18.4. The summed E-state index contributed by atoms with van der Waals surface area (Å²) in [5, 5.41) is 2.73. The molecule has 0 aromatic heterocycles. The highest BCUT2D eigenvalue weighted by atomic mass is 35.5. The smallest absolute Gasteiger partial charge is 0.336 e. The molecule has 0 radical (unpaired) electrons. The summed E-state index contributed by atoms with van der Waals surface area (Å²) in [4.78, 5) is 23.4. The Morgan fingerprint density at radius 3 is 2.31 bits per heavy atom. The van der Waals surface area contributed by atoms with Gasteiger partial charge in [0.15, 0.2) is 0 Å². The standard InChI is InChI=1S/C21H15ClO4/c22-18-7-9-19(10-8-18)26-21(24)12-11-20(23)25-14-15-5-6-16-3-1-2-4-17(16)13-15/h1-13H,14H2/b12-11+. The number of ether oxygens (including phenoxy) is 2.